The van der Waals surface area contributed by atoms with Gasteiger partial charge in [0.1, 0.15) is 6.10 Å². The first-order valence-electron chi connectivity index (χ1n) is 14.7. The molecule has 0 aliphatic heterocycles. The maximum atomic E-state index is 12.5. The fourth-order valence-corrected chi connectivity index (χ4v) is 8.25. The fourth-order valence-electron chi connectivity index (χ4n) is 8.25. The summed E-state index contributed by atoms with van der Waals surface area (Å²) < 4.78 is 5.86. The van der Waals surface area contributed by atoms with Gasteiger partial charge >= 0.3 is 12.2 Å². The van der Waals surface area contributed by atoms with Gasteiger partial charge in [0, 0.05) is 23.2 Å². The van der Waals surface area contributed by atoms with Gasteiger partial charge in [-0.05, 0) is 92.4 Å². The van der Waals surface area contributed by atoms with E-state index in [1.165, 1.54) is 5.57 Å². The van der Waals surface area contributed by atoms with E-state index in [9.17, 15) is 9.59 Å². The summed E-state index contributed by atoms with van der Waals surface area (Å²) in [6, 6.07) is 18.7. The van der Waals surface area contributed by atoms with Crippen LogP contribution >= 0.6 is 0 Å². The smallest absolute Gasteiger partial charge is 0.437 e. The second-order valence-electron chi connectivity index (χ2n) is 12.4. The number of rotatable bonds is 4. The van der Waals surface area contributed by atoms with Gasteiger partial charge in [-0.1, -0.05) is 67.1 Å². The van der Waals surface area contributed by atoms with Crippen LogP contribution in [0.4, 0.5) is 21.0 Å². The van der Waals surface area contributed by atoms with Gasteiger partial charge in [-0.15, -0.1) is 0 Å². The Morgan fingerprint density at radius 2 is 1.45 bits per heavy atom. The Kier molecular flexibility index (Phi) is 7.15. The number of fused-ring (bicyclic) bond motifs is 5. The first kappa shape index (κ1) is 26.6. The molecule has 7 nitrogen and oxygen atoms in total. The maximum absolute atomic E-state index is 12.5. The van der Waals surface area contributed by atoms with E-state index in [1.54, 1.807) is 0 Å². The summed E-state index contributed by atoms with van der Waals surface area (Å²) in [5.74, 6) is 1.74. The van der Waals surface area contributed by atoms with Crippen LogP contribution in [-0.2, 0) is 9.57 Å². The van der Waals surface area contributed by atoms with Crippen molar-refractivity contribution in [3.8, 4) is 0 Å². The highest BCUT2D eigenvalue weighted by Gasteiger charge is 2.58. The molecule has 2 N–H and O–H groups in total. The number of amides is 2. The number of benzene rings is 2. The largest absolute Gasteiger partial charge is 0.446 e. The molecule has 2 aromatic carbocycles. The molecule has 210 valence electrons. The van der Waals surface area contributed by atoms with Crippen LogP contribution in [0.5, 0.6) is 0 Å². The number of nitrogens with zero attached hydrogens (tertiary/aromatic N) is 1. The van der Waals surface area contributed by atoms with Crippen LogP contribution in [-0.4, -0.2) is 24.0 Å². The molecule has 4 aliphatic carbocycles. The second-order valence-corrected chi connectivity index (χ2v) is 12.4. The van der Waals surface area contributed by atoms with Gasteiger partial charge in [-0.25, -0.2) is 9.59 Å². The van der Waals surface area contributed by atoms with E-state index in [2.05, 4.69) is 35.7 Å². The minimum absolute atomic E-state index is 0.0360. The van der Waals surface area contributed by atoms with E-state index >= 15 is 0 Å². The molecular weight excluding hydrogens is 502 g/mol. The first-order chi connectivity index (χ1) is 19.3. The molecule has 0 saturated heterocycles. The lowest BCUT2D eigenvalue weighted by Gasteiger charge is -2.57. The number of para-hydroxylation sites is 2. The minimum atomic E-state index is -0.548. The van der Waals surface area contributed by atoms with Gasteiger partial charge in [-0.2, -0.15) is 0 Å². The van der Waals surface area contributed by atoms with Crippen molar-refractivity contribution in [2.24, 2.45) is 33.7 Å². The van der Waals surface area contributed by atoms with Gasteiger partial charge in [-0.3, -0.25) is 15.5 Å². The van der Waals surface area contributed by atoms with E-state index in [0.717, 1.165) is 62.8 Å². The van der Waals surface area contributed by atoms with Crippen LogP contribution in [0.15, 0.2) is 77.5 Å². The highest BCUT2D eigenvalue weighted by Crippen LogP contribution is 2.64. The SMILES string of the molecule is C[C@]12CC[C@H](OC(=O)Nc3ccccc3)CC1=CC[C@@H]1C2CC[C@]2(C)C(=NOC(=O)Nc3ccccc3)CCC12. The Balaban J connectivity index is 1.10. The van der Waals surface area contributed by atoms with E-state index in [1.807, 2.05) is 60.7 Å². The molecule has 6 atom stereocenters. The molecule has 0 heterocycles. The van der Waals surface area contributed by atoms with Crippen molar-refractivity contribution in [1.29, 1.82) is 0 Å². The third-order valence-electron chi connectivity index (χ3n) is 10.4. The van der Waals surface area contributed by atoms with E-state index in [4.69, 9.17) is 9.57 Å². The lowest BCUT2D eigenvalue weighted by Crippen LogP contribution is -2.50. The number of hydrogen-bond donors (Lipinski definition) is 2. The summed E-state index contributed by atoms with van der Waals surface area (Å²) >= 11 is 0. The van der Waals surface area contributed by atoms with Crippen molar-refractivity contribution >= 4 is 29.3 Å². The number of carbonyl (C=O) groups excluding carboxylic acids is 2. The molecule has 3 saturated carbocycles. The van der Waals surface area contributed by atoms with E-state index < -0.39 is 6.09 Å². The average Bonchev–Trinajstić information content (AvgIpc) is 3.29. The zero-order valence-electron chi connectivity index (χ0n) is 23.4. The van der Waals surface area contributed by atoms with Gasteiger partial charge in [0.15, 0.2) is 0 Å². The number of nitrogens with one attached hydrogen (secondary N) is 2. The van der Waals surface area contributed by atoms with Crippen molar-refractivity contribution in [2.45, 2.75) is 71.3 Å². The summed E-state index contributed by atoms with van der Waals surface area (Å²) in [5, 5.41) is 10.0. The highest BCUT2D eigenvalue weighted by molar-refractivity contribution is 5.93. The molecule has 6 rings (SSSR count). The topological polar surface area (TPSA) is 89.0 Å². The summed E-state index contributed by atoms with van der Waals surface area (Å²) in [6.45, 7) is 4.77. The first-order valence-corrected chi connectivity index (χ1v) is 14.7. The van der Waals surface area contributed by atoms with Gasteiger partial charge in [0.25, 0.3) is 0 Å². The van der Waals surface area contributed by atoms with Gasteiger partial charge in [0.2, 0.25) is 0 Å². The summed E-state index contributed by atoms with van der Waals surface area (Å²) in [6.07, 6.45) is 9.41. The number of ether oxygens (including phenoxy) is 1. The Morgan fingerprint density at radius 3 is 2.15 bits per heavy atom. The standard InChI is InChI=1S/C33H39N3O4/c1-32-19-17-25(39-30(37)34-23-9-5-3-6-10-23)21-22(32)13-14-26-27-15-16-29(33(27,2)20-18-28(26)32)36-40-31(38)35-24-11-7-4-8-12-24/h3-13,25-28H,14-21H2,1-2H3,(H,34,37)(H,35,38)/t25-,26-,27?,28?,32-,33-/m0/s1. The van der Waals surface area contributed by atoms with E-state index in [0.29, 0.717) is 23.4 Å². The molecule has 3 fully saturated rings. The molecule has 0 aromatic heterocycles. The predicted molar refractivity (Wildman–Crippen MR) is 156 cm³/mol. The fraction of sp³-hybridized carbons (Fsp3) is 0.485. The number of oxime groups is 1. The summed E-state index contributed by atoms with van der Waals surface area (Å²) in [4.78, 5) is 30.2. The maximum Gasteiger partial charge on any atom is 0.437 e. The third kappa shape index (κ3) is 5.02. The molecule has 7 heteroatoms. The summed E-state index contributed by atoms with van der Waals surface area (Å²) in [7, 11) is 0. The molecule has 2 unspecified atom stereocenters. The van der Waals surface area contributed by atoms with Crippen LogP contribution < -0.4 is 10.6 Å². The monoisotopic (exact) mass is 541 g/mol. The number of anilines is 2. The zero-order valence-corrected chi connectivity index (χ0v) is 23.4. The predicted octanol–water partition coefficient (Wildman–Crippen LogP) is 8.17. The molecule has 0 bridgehead atoms. The quantitative estimate of drug-likeness (QED) is 0.232. The number of allylic oxidation sites excluding steroid dienone is 1. The van der Waals surface area contributed by atoms with Crippen LogP contribution in [0.3, 0.4) is 0 Å². The zero-order chi connectivity index (χ0) is 27.7. The molecule has 0 spiro atoms. The molecule has 4 aliphatic rings. The molecule has 2 amide bonds. The van der Waals surface area contributed by atoms with Crippen molar-refractivity contribution in [2.75, 3.05) is 10.6 Å². The lowest BCUT2D eigenvalue weighted by molar-refractivity contribution is -0.0228. The second kappa shape index (κ2) is 10.8. The Morgan fingerprint density at radius 1 is 0.825 bits per heavy atom. The Hall–Kier alpha value is -3.61. The highest BCUT2D eigenvalue weighted by atomic mass is 16.7. The van der Waals surface area contributed by atoms with E-state index in [-0.39, 0.29) is 23.0 Å². The molecular formula is C33H39N3O4. The van der Waals surface area contributed by atoms with Crippen LogP contribution in [0, 0.1) is 28.6 Å². The number of hydrogen-bond acceptors (Lipinski definition) is 5. The Labute approximate surface area is 236 Å². The molecule has 0 radical (unpaired) electrons. The van der Waals surface area contributed by atoms with Crippen molar-refractivity contribution in [3.63, 3.8) is 0 Å². The van der Waals surface area contributed by atoms with Crippen LogP contribution in [0.2, 0.25) is 0 Å². The molecule has 2 aromatic rings. The van der Waals surface area contributed by atoms with Crippen molar-refractivity contribution in [3.05, 3.63) is 72.3 Å². The molecule has 40 heavy (non-hydrogen) atoms. The van der Waals surface area contributed by atoms with Crippen molar-refractivity contribution in [1.82, 2.24) is 0 Å². The third-order valence-corrected chi connectivity index (χ3v) is 10.4. The average molecular weight is 542 g/mol. The van der Waals surface area contributed by atoms with Crippen LogP contribution in [0.1, 0.15) is 65.2 Å². The van der Waals surface area contributed by atoms with Gasteiger partial charge < -0.3 is 4.74 Å². The van der Waals surface area contributed by atoms with Crippen molar-refractivity contribution < 1.29 is 19.2 Å². The number of carbonyl (C=O) groups is 2. The Bertz CT molecular complexity index is 1310. The van der Waals surface area contributed by atoms with Crippen LogP contribution in [0.25, 0.3) is 0 Å². The van der Waals surface area contributed by atoms with Gasteiger partial charge in [0.05, 0.1) is 5.71 Å². The lowest BCUT2D eigenvalue weighted by atomic mass is 9.48. The summed E-state index contributed by atoms with van der Waals surface area (Å²) in [5.41, 5.74) is 4.05. The minimum Gasteiger partial charge on any atom is -0.446 e. The normalized spacial score (nSPS) is 33.5.